The molecule has 0 saturated carbocycles. The van der Waals surface area contributed by atoms with E-state index in [4.69, 9.17) is 19.9 Å². The van der Waals surface area contributed by atoms with Crippen LogP contribution in [-0.4, -0.2) is 20.2 Å². The first-order valence-corrected chi connectivity index (χ1v) is 7.10. The van der Waals surface area contributed by atoms with Crippen LogP contribution in [0.2, 0.25) is 0 Å². The highest BCUT2D eigenvalue weighted by atomic mass is 16.5. The minimum absolute atomic E-state index is 0.0119. The van der Waals surface area contributed by atoms with E-state index in [1.165, 1.54) is 7.11 Å². The van der Waals surface area contributed by atoms with Crippen molar-refractivity contribution in [1.82, 2.24) is 0 Å². The summed E-state index contributed by atoms with van der Waals surface area (Å²) in [6.07, 6.45) is 0.455. The Kier molecular flexibility index (Phi) is 4.91. The number of benzene rings is 1. The van der Waals surface area contributed by atoms with Gasteiger partial charge in [-0.25, -0.2) is 4.79 Å². The van der Waals surface area contributed by atoms with E-state index in [1.54, 1.807) is 31.4 Å². The standard InChI is InChI=1S/C17H18N2O4/c1-4-13-15(17(20)22-3)14(12(9-18)16(19)23-13)10-5-7-11(21-2)8-6-10/h5-8,14H,4,19H2,1-3H3. The van der Waals surface area contributed by atoms with Crippen LogP contribution in [0.5, 0.6) is 5.75 Å². The first-order valence-electron chi connectivity index (χ1n) is 7.10. The average molecular weight is 314 g/mol. The van der Waals surface area contributed by atoms with Gasteiger partial charge < -0.3 is 19.9 Å². The van der Waals surface area contributed by atoms with Crippen molar-refractivity contribution in [2.24, 2.45) is 5.73 Å². The fraction of sp³-hybridized carbons (Fsp3) is 0.294. The Bertz CT molecular complexity index is 711. The highest BCUT2D eigenvalue weighted by Gasteiger charge is 2.36. The van der Waals surface area contributed by atoms with Crippen molar-refractivity contribution in [2.45, 2.75) is 19.3 Å². The van der Waals surface area contributed by atoms with E-state index in [0.717, 1.165) is 5.56 Å². The minimum atomic E-state index is -0.623. The Labute approximate surface area is 134 Å². The molecule has 1 heterocycles. The fourth-order valence-corrected chi connectivity index (χ4v) is 2.54. The summed E-state index contributed by atoms with van der Waals surface area (Å²) < 4.78 is 15.5. The second-order valence-corrected chi connectivity index (χ2v) is 4.88. The van der Waals surface area contributed by atoms with Crippen LogP contribution in [0.15, 0.2) is 47.1 Å². The molecule has 6 heteroatoms. The molecule has 120 valence electrons. The van der Waals surface area contributed by atoms with E-state index in [-0.39, 0.29) is 11.5 Å². The maximum Gasteiger partial charge on any atom is 0.338 e. The molecule has 2 N–H and O–H groups in total. The van der Waals surface area contributed by atoms with Gasteiger partial charge in [-0.3, -0.25) is 0 Å². The zero-order valence-corrected chi connectivity index (χ0v) is 13.3. The Morgan fingerprint density at radius 3 is 2.48 bits per heavy atom. The minimum Gasteiger partial charge on any atom is -0.497 e. The number of carbonyl (C=O) groups is 1. The predicted octanol–water partition coefficient (Wildman–Crippen LogP) is 2.34. The van der Waals surface area contributed by atoms with Crippen LogP contribution in [-0.2, 0) is 14.3 Å². The van der Waals surface area contributed by atoms with Gasteiger partial charge in [0.2, 0.25) is 5.88 Å². The molecule has 0 aromatic heterocycles. The number of hydrogen-bond donors (Lipinski definition) is 1. The summed E-state index contributed by atoms with van der Waals surface area (Å²) in [5.41, 5.74) is 7.09. The Morgan fingerprint density at radius 2 is 2.00 bits per heavy atom. The number of methoxy groups -OCH3 is 2. The second kappa shape index (κ2) is 6.88. The molecule has 6 nitrogen and oxygen atoms in total. The third kappa shape index (κ3) is 2.99. The lowest BCUT2D eigenvalue weighted by molar-refractivity contribution is -0.136. The summed E-state index contributed by atoms with van der Waals surface area (Å²) in [4.78, 5) is 12.3. The van der Waals surface area contributed by atoms with Crippen molar-refractivity contribution < 1.29 is 19.0 Å². The maximum absolute atomic E-state index is 12.3. The van der Waals surface area contributed by atoms with E-state index in [0.29, 0.717) is 23.5 Å². The largest absolute Gasteiger partial charge is 0.497 e. The lowest BCUT2D eigenvalue weighted by atomic mass is 9.82. The highest BCUT2D eigenvalue weighted by Crippen LogP contribution is 2.40. The van der Waals surface area contributed by atoms with Crippen molar-refractivity contribution in [3.05, 3.63) is 52.6 Å². The number of rotatable bonds is 4. The molecule has 0 amide bonds. The number of nitriles is 1. The van der Waals surface area contributed by atoms with Gasteiger partial charge in [0.1, 0.15) is 23.2 Å². The molecule has 2 rings (SSSR count). The monoisotopic (exact) mass is 314 g/mol. The molecule has 1 aliphatic heterocycles. The van der Waals surface area contributed by atoms with Gasteiger partial charge in [0.05, 0.1) is 25.7 Å². The summed E-state index contributed by atoms with van der Waals surface area (Å²) in [5, 5.41) is 9.46. The van der Waals surface area contributed by atoms with Crippen LogP contribution in [0.1, 0.15) is 24.8 Å². The van der Waals surface area contributed by atoms with Gasteiger partial charge in [0.15, 0.2) is 0 Å². The number of hydrogen-bond acceptors (Lipinski definition) is 6. The first-order chi connectivity index (χ1) is 11.1. The van der Waals surface area contributed by atoms with Crippen LogP contribution in [0.25, 0.3) is 0 Å². The molecule has 0 radical (unpaired) electrons. The molecule has 0 aliphatic carbocycles. The summed E-state index contributed by atoms with van der Waals surface area (Å²) in [6.45, 7) is 1.84. The quantitative estimate of drug-likeness (QED) is 0.857. The van der Waals surface area contributed by atoms with Gasteiger partial charge in [-0.1, -0.05) is 19.1 Å². The number of nitrogens with zero attached hydrogens (tertiary/aromatic N) is 1. The zero-order valence-electron chi connectivity index (χ0n) is 13.3. The third-order valence-electron chi connectivity index (χ3n) is 3.67. The Morgan fingerprint density at radius 1 is 1.35 bits per heavy atom. The molecular formula is C17H18N2O4. The van der Waals surface area contributed by atoms with Crippen molar-refractivity contribution in [3.63, 3.8) is 0 Å². The van der Waals surface area contributed by atoms with E-state index in [9.17, 15) is 10.1 Å². The summed E-state index contributed by atoms with van der Waals surface area (Å²) in [5.74, 6) is -0.0625. The number of esters is 1. The van der Waals surface area contributed by atoms with Gasteiger partial charge in [0, 0.05) is 6.42 Å². The lowest BCUT2D eigenvalue weighted by Gasteiger charge is -2.27. The molecule has 1 atom stereocenters. The van der Waals surface area contributed by atoms with Crippen molar-refractivity contribution in [2.75, 3.05) is 14.2 Å². The van der Waals surface area contributed by atoms with Gasteiger partial charge in [-0.15, -0.1) is 0 Å². The summed E-state index contributed by atoms with van der Waals surface area (Å²) in [7, 11) is 2.86. The Hall–Kier alpha value is -2.94. The Balaban J connectivity index is 2.63. The molecule has 1 unspecified atom stereocenters. The molecule has 1 aromatic carbocycles. The smallest absolute Gasteiger partial charge is 0.338 e. The topological polar surface area (TPSA) is 94.6 Å². The van der Waals surface area contributed by atoms with Crippen molar-refractivity contribution in [1.29, 1.82) is 5.26 Å². The molecule has 0 bridgehead atoms. The van der Waals surface area contributed by atoms with Gasteiger partial charge in [0.25, 0.3) is 0 Å². The number of allylic oxidation sites excluding steroid dienone is 2. The number of ether oxygens (including phenoxy) is 3. The van der Waals surface area contributed by atoms with E-state index in [1.807, 2.05) is 13.0 Å². The van der Waals surface area contributed by atoms with Crippen LogP contribution in [0.4, 0.5) is 0 Å². The van der Waals surface area contributed by atoms with E-state index < -0.39 is 11.9 Å². The van der Waals surface area contributed by atoms with Crippen LogP contribution in [0, 0.1) is 11.3 Å². The molecule has 1 aromatic rings. The van der Waals surface area contributed by atoms with Gasteiger partial charge in [-0.2, -0.15) is 5.26 Å². The average Bonchev–Trinajstić information content (AvgIpc) is 2.60. The molecule has 23 heavy (non-hydrogen) atoms. The van der Waals surface area contributed by atoms with Crippen LogP contribution >= 0.6 is 0 Å². The normalized spacial score (nSPS) is 17.4. The second-order valence-electron chi connectivity index (χ2n) is 4.88. The SMILES string of the molecule is CCC1=C(C(=O)OC)C(c2ccc(OC)cc2)C(C#N)=C(N)O1. The third-order valence-corrected chi connectivity index (χ3v) is 3.67. The predicted molar refractivity (Wildman–Crippen MR) is 83.0 cm³/mol. The summed E-state index contributed by atoms with van der Waals surface area (Å²) >= 11 is 0. The van der Waals surface area contributed by atoms with E-state index >= 15 is 0 Å². The number of carbonyl (C=O) groups excluding carboxylic acids is 1. The molecular weight excluding hydrogens is 296 g/mol. The first kappa shape index (κ1) is 16.4. The maximum atomic E-state index is 12.3. The van der Waals surface area contributed by atoms with Crippen molar-refractivity contribution in [3.8, 4) is 11.8 Å². The van der Waals surface area contributed by atoms with Gasteiger partial charge >= 0.3 is 5.97 Å². The molecule has 0 spiro atoms. The highest BCUT2D eigenvalue weighted by molar-refractivity contribution is 5.92. The molecule has 0 saturated heterocycles. The van der Waals surface area contributed by atoms with Crippen LogP contribution < -0.4 is 10.5 Å². The van der Waals surface area contributed by atoms with Crippen LogP contribution in [0.3, 0.4) is 0 Å². The summed E-state index contributed by atoms with van der Waals surface area (Å²) in [6, 6.07) is 9.14. The zero-order chi connectivity index (χ0) is 17.0. The van der Waals surface area contributed by atoms with E-state index in [2.05, 4.69) is 0 Å². The van der Waals surface area contributed by atoms with Crippen molar-refractivity contribution >= 4 is 5.97 Å². The lowest BCUT2D eigenvalue weighted by Crippen LogP contribution is -2.25. The molecule has 0 fully saturated rings. The molecule has 1 aliphatic rings. The van der Waals surface area contributed by atoms with Gasteiger partial charge in [-0.05, 0) is 17.7 Å². The fourth-order valence-electron chi connectivity index (χ4n) is 2.54. The number of nitrogens with two attached hydrogens (primary N) is 1.